The van der Waals surface area contributed by atoms with Crippen LogP contribution in [0, 0.1) is 5.92 Å². The van der Waals surface area contributed by atoms with E-state index >= 15 is 0 Å². The van der Waals surface area contributed by atoms with E-state index in [1.165, 1.54) is 0 Å². The maximum absolute atomic E-state index is 13.3. The van der Waals surface area contributed by atoms with E-state index in [2.05, 4.69) is 29.6 Å². The minimum atomic E-state index is -0.922. The van der Waals surface area contributed by atoms with E-state index in [1.54, 1.807) is 4.90 Å². The highest BCUT2D eigenvalue weighted by molar-refractivity contribution is 5.87. The van der Waals surface area contributed by atoms with Crippen molar-refractivity contribution in [3.63, 3.8) is 0 Å². The molecule has 7 heteroatoms. The summed E-state index contributed by atoms with van der Waals surface area (Å²) in [4.78, 5) is 39.0. The van der Waals surface area contributed by atoms with E-state index in [0.717, 1.165) is 28.7 Å². The van der Waals surface area contributed by atoms with Crippen molar-refractivity contribution in [2.75, 3.05) is 13.2 Å². The first kappa shape index (κ1) is 23.8. The van der Waals surface area contributed by atoms with E-state index in [0.29, 0.717) is 19.4 Å². The summed E-state index contributed by atoms with van der Waals surface area (Å²) in [5.74, 6) is -1.32. The fourth-order valence-electron chi connectivity index (χ4n) is 5.17. The van der Waals surface area contributed by atoms with Crippen LogP contribution in [0.15, 0.2) is 48.5 Å². The normalized spacial score (nSPS) is 18.6. The first-order valence-corrected chi connectivity index (χ1v) is 12.0. The third-order valence-corrected chi connectivity index (χ3v) is 7.17. The highest BCUT2D eigenvalue weighted by Crippen LogP contribution is 2.44. The van der Waals surface area contributed by atoms with Gasteiger partial charge in [0.05, 0.1) is 6.42 Å². The lowest BCUT2D eigenvalue weighted by Gasteiger charge is -2.31. The number of carbonyl (C=O) groups is 3. The molecule has 1 heterocycles. The number of carboxylic acids is 1. The van der Waals surface area contributed by atoms with Gasteiger partial charge in [0.1, 0.15) is 12.6 Å². The average Bonchev–Trinajstić information content (AvgIpc) is 3.42. The Morgan fingerprint density at radius 2 is 1.71 bits per heavy atom. The van der Waals surface area contributed by atoms with Gasteiger partial charge in [-0.15, -0.1) is 0 Å². The van der Waals surface area contributed by atoms with Crippen LogP contribution in [0.2, 0.25) is 0 Å². The number of carboxylic acid groups (broad SMARTS) is 1. The molecule has 0 saturated carbocycles. The molecule has 2 aliphatic rings. The Labute approximate surface area is 200 Å². The molecule has 2 amide bonds. The van der Waals surface area contributed by atoms with Gasteiger partial charge in [0, 0.05) is 18.5 Å². The Kier molecular flexibility index (Phi) is 7.20. The minimum absolute atomic E-state index is 0.0607. The SMILES string of the molecule is CC[C@H](C)[C@H](NC(=O)OCC1c2ccccc2-c2ccccc21)C(=O)N1CCC[C@@H]1CC(=O)O. The number of carbonyl (C=O) groups excluding carboxylic acids is 2. The Morgan fingerprint density at radius 1 is 1.09 bits per heavy atom. The molecular formula is C27H32N2O5. The predicted octanol–water partition coefficient (Wildman–Crippen LogP) is 4.41. The van der Waals surface area contributed by atoms with Crippen molar-refractivity contribution in [3.8, 4) is 11.1 Å². The summed E-state index contributed by atoms with van der Waals surface area (Å²) < 4.78 is 5.65. The second-order valence-corrected chi connectivity index (χ2v) is 9.26. The van der Waals surface area contributed by atoms with E-state index < -0.39 is 18.1 Å². The Bertz CT molecular complexity index is 1020. The van der Waals surface area contributed by atoms with Gasteiger partial charge in [0.2, 0.25) is 5.91 Å². The smallest absolute Gasteiger partial charge is 0.407 e. The second-order valence-electron chi connectivity index (χ2n) is 9.26. The highest BCUT2D eigenvalue weighted by Gasteiger charge is 2.37. The number of alkyl carbamates (subject to hydrolysis) is 1. The molecule has 0 spiro atoms. The number of aliphatic carboxylic acids is 1. The number of hydrogen-bond donors (Lipinski definition) is 2. The summed E-state index contributed by atoms with van der Waals surface area (Å²) in [5, 5.41) is 12.0. The molecule has 2 aromatic carbocycles. The highest BCUT2D eigenvalue weighted by atomic mass is 16.5. The molecular weight excluding hydrogens is 432 g/mol. The van der Waals surface area contributed by atoms with E-state index in [-0.39, 0.29) is 36.8 Å². The molecule has 34 heavy (non-hydrogen) atoms. The van der Waals surface area contributed by atoms with Gasteiger partial charge in [-0.3, -0.25) is 9.59 Å². The number of fused-ring (bicyclic) bond motifs is 3. The van der Waals surface area contributed by atoms with Gasteiger partial charge in [-0.1, -0.05) is 68.8 Å². The zero-order chi connectivity index (χ0) is 24.2. The Hall–Kier alpha value is -3.35. The van der Waals surface area contributed by atoms with Crippen LogP contribution in [0.4, 0.5) is 4.79 Å². The van der Waals surface area contributed by atoms with Gasteiger partial charge in [-0.25, -0.2) is 4.79 Å². The van der Waals surface area contributed by atoms with Gasteiger partial charge in [0.25, 0.3) is 0 Å². The summed E-state index contributed by atoms with van der Waals surface area (Å²) in [6.45, 7) is 4.56. The fraction of sp³-hybridized carbons (Fsp3) is 0.444. The quantitative estimate of drug-likeness (QED) is 0.604. The number of benzene rings is 2. The predicted molar refractivity (Wildman–Crippen MR) is 128 cm³/mol. The lowest BCUT2D eigenvalue weighted by atomic mass is 9.97. The van der Waals surface area contributed by atoms with Crippen molar-refractivity contribution in [1.82, 2.24) is 10.2 Å². The van der Waals surface area contributed by atoms with Gasteiger partial charge in [0.15, 0.2) is 0 Å². The van der Waals surface area contributed by atoms with Gasteiger partial charge >= 0.3 is 12.1 Å². The van der Waals surface area contributed by atoms with E-state index in [4.69, 9.17) is 4.74 Å². The maximum atomic E-state index is 13.3. The van der Waals surface area contributed by atoms with Crippen LogP contribution < -0.4 is 5.32 Å². The van der Waals surface area contributed by atoms with Crippen molar-refractivity contribution >= 4 is 18.0 Å². The van der Waals surface area contributed by atoms with Crippen molar-refractivity contribution < 1.29 is 24.2 Å². The largest absolute Gasteiger partial charge is 0.481 e. The van der Waals surface area contributed by atoms with Crippen LogP contribution in [-0.4, -0.2) is 53.2 Å². The van der Waals surface area contributed by atoms with Crippen LogP contribution in [0.3, 0.4) is 0 Å². The number of ether oxygens (including phenoxy) is 1. The van der Waals surface area contributed by atoms with Crippen molar-refractivity contribution in [3.05, 3.63) is 59.7 Å². The van der Waals surface area contributed by atoms with Crippen LogP contribution in [-0.2, 0) is 14.3 Å². The zero-order valence-corrected chi connectivity index (χ0v) is 19.7. The second kappa shape index (κ2) is 10.3. The summed E-state index contributed by atoms with van der Waals surface area (Å²) in [6, 6.07) is 15.2. The summed E-state index contributed by atoms with van der Waals surface area (Å²) in [7, 11) is 0. The lowest BCUT2D eigenvalue weighted by molar-refractivity contribution is -0.141. The number of nitrogens with one attached hydrogen (secondary N) is 1. The molecule has 1 aliphatic heterocycles. The van der Waals surface area contributed by atoms with Gasteiger partial charge < -0.3 is 20.1 Å². The molecule has 1 saturated heterocycles. The number of amides is 2. The Morgan fingerprint density at radius 3 is 2.29 bits per heavy atom. The molecule has 180 valence electrons. The first-order valence-electron chi connectivity index (χ1n) is 12.0. The number of rotatable bonds is 8. The zero-order valence-electron chi connectivity index (χ0n) is 19.7. The molecule has 0 unspecified atom stereocenters. The molecule has 0 aromatic heterocycles. The monoisotopic (exact) mass is 464 g/mol. The molecule has 1 fully saturated rings. The van der Waals surface area contributed by atoms with E-state index in [1.807, 2.05) is 38.1 Å². The number of hydrogen-bond acceptors (Lipinski definition) is 4. The summed E-state index contributed by atoms with van der Waals surface area (Å²) >= 11 is 0. The molecule has 0 bridgehead atoms. The fourth-order valence-corrected chi connectivity index (χ4v) is 5.17. The van der Waals surface area contributed by atoms with Crippen molar-refractivity contribution in [2.45, 2.75) is 57.5 Å². The molecule has 2 N–H and O–H groups in total. The molecule has 3 atom stereocenters. The standard InChI is InChI=1S/C27H32N2O5/c1-3-17(2)25(26(32)29-14-8-9-18(29)15-24(30)31)28-27(33)34-16-23-21-12-6-4-10-19(21)20-11-5-7-13-22(20)23/h4-7,10-13,17-18,23,25H,3,8-9,14-16H2,1-2H3,(H,28,33)(H,30,31)/t17-,18+,25-/m0/s1. The van der Waals surface area contributed by atoms with Gasteiger partial charge in [-0.2, -0.15) is 0 Å². The molecule has 7 nitrogen and oxygen atoms in total. The molecule has 0 radical (unpaired) electrons. The van der Waals surface area contributed by atoms with Crippen LogP contribution in [0.5, 0.6) is 0 Å². The summed E-state index contributed by atoms with van der Waals surface area (Å²) in [6.07, 6.45) is 1.41. The van der Waals surface area contributed by atoms with Crippen LogP contribution in [0.1, 0.15) is 56.6 Å². The average molecular weight is 465 g/mol. The number of likely N-dealkylation sites (tertiary alicyclic amines) is 1. The third kappa shape index (κ3) is 4.79. The van der Waals surface area contributed by atoms with Crippen molar-refractivity contribution in [2.24, 2.45) is 5.92 Å². The third-order valence-electron chi connectivity index (χ3n) is 7.17. The lowest BCUT2D eigenvalue weighted by Crippen LogP contribution is -2.53. The number of nitrogens with zero attached hydrogens (tertiary/aromatic N) is 1. The minimum Gasteiger partial charge on any atom is -0.481 e. The van der Waals surface area contributed by atoms with E-state index in [9.17, 15) is 19.5 Å². The van der Waals surface area contributed by atoms with Crippen LogP contribution in [0.25, 0.3) is 11.1 Å². The molecule has 1 aliphatic carbocycles. The topological polar surface area (TPSA) is 95.9 Å². The molecule has 4 rings (SSSR count). The first-order chi connectivity index (χ1) is 16.4. The maximum Gasteiger partial charge on any atom is 0.407 e. The van der Waals surface area contributed by atoms with Crippen molar-refractivity contribution in [1.29, 1.82) is 0 Å². The van der Waals surface area contributed by atoms with Gasteiger partial charge in [-0.05, 0) is 41.0 Å². The Balaban J connectivity index is 1.44. The summed E-state index contributed by atoms with van der Waals surface area (Å²) in [5.41, 5.74) is 4.55. The molecule has 2 aromatic rings. The van der Waals surface area contributed by atoms with Crippen LogP contribution >= 0.6 is 0 Å².